The van der Waals surface area contributed by atoms with Crippen LogP contribution in [0.15, 0.2) is 29.3 Å². The average Bonchev–Trinajstić information content (AvgIpc) is 3.34. The summed E-state index contributed by atoms with van der Waals surface area (Å²) in [5, 5.41) is 3.50. The quantitative estimate of drug-likeness (QED) is 0.491. The van der Waals surface area contributed by atoms with E-state index in [1.807, 2.05) is 0 Å². The molecule has 0 saturated carbocycles. The van der Waals surface area contributed by atoms with Gasteiger partial charge in [-0.15, -0.1) is 0 Å². The first-order chi connectivity index (χ1) is 13.3. The van der Waals surface area contributed by atoms with Gasteiger partial charge in [-0.3, -0.25) is 9.89 Å². The van der Waals surface area contributed by atoms with Gasteiger partial charge in [0.05, 0.1) is 6.61 Å². The van der Waals surface area contributed by atoms with Crippen LogP contribution in [0.3, 0.4) is 0 Å². The molecule has 1 aromatic carbocycles. The van der Waals surface area contributed by atoms with Crippen molar-refractivity contribution in [3.05, 3.63) is 35.4 Å². The van der Waals surface area contributed by atoms with Crippen molar-refractivity contribution in [2.24, 2.45) is 10.4 Å². The van der Waals surface area contributed by atoms with Gasteiger partial charge in [0.1, 0.15) is 0 Å². The van der Waals surface area contributed by atoms with E-state index in [9.17, 15) is 0 Å². The summed E-state index contributed by atoms with van der Waals surface area (Å²) in [4.78, 5) is 9.97. The van der Waals surface area contributed by atoms with Crippen molar-refractivity contribution in [2.75, 3.05) is 52.5 Å². The third kappa shape index (κ3) is 4.46. The molecule has 3 aliphatic heterocycles. The van der Waals surface area contributed by atoms with Gasteiger partial charge in [0.15, 0.2) is 5.96 Å². The fourth-order valence-electron chi connectivity index (χ4n) is 4.74. The molecule has 3 aliphatic rings. The zero-order valence-corrected chi connectivity index (χ0v) is 16.8. The highest BCUT2D eigenvalue weighted by Crippen LogP contribution is 2.38. The highest BCUT2D eigenvalue weighted by atomic mass is 16.5. The summed E-state index contributed by atoms with van der Waals surface area (Å²) < 4.78 is 5.67. The SMILES string of the molecule is CCNC(=NCCCN1CCc2ccccc2C1)N1CCC2(CCOC2)C1. The largest absolute Gasteiger partial charge is 0.381 e. The number of aliphatic imine (C=N–C) groups is 1. The predicted molar refractivity (Wildman–Crippen MR) is 110 cm³/mol. The molecule has 148 valence electrons. The minimum atomic E-state index is 0.386. The van der Waals surface area contributed by atoms with Crippen molar-refractivity contribution >= 4 is 5.96 Å². The lowest BCUT2D eigenvalue weighted by atomic mass is 9.87. The predicted octanol–water partition coefficient (Wildman–Crippen LogP) is 2.51. The molecular formula is C22H34N4O. The fourth-order valence-corrected chi connectivity index (χ4v) is 4.74. The van der Waals surface area contributed by atoms with Crippen LogP contribution in [0, 0.1) is 5.41 Å². The lowest BCUT2D eigenvalue weighted by molar-refractivity contribution is 0.156. The lowest BCUT2D eigenvalue weighted by Gasteiger charge is -2.28. The van der Waals surface area contributed by atoms with Gasteiger partial charge in [-0.2, -0.15) is 0 Å². The Kier molecular flexibility index (Phi) is 5.98. The molecule has 0 aliphatic carbocycles. The van der Waals surface area contributed by atoms with Crippen molar-refractivity contribution < 1.29 is 4.74 Å². The molecule has 0 aromatic heterocycles. The number of fused-ring (bicyclic) bond motifs is 1. The van der Waals surface area contributed by atoms with Gasteiger partial charge in [-0.1, -0.05) is 24.3 Å². The number of hydrogen-bond donors (Lipinski definition) is 1. The number of likely N-dealkylation sites (tertiary alicyclic amines) is 1. The van der Waals surface area contributed by atoms with Crippen LogP contribution >= 0.6 is 0 Å². The fraction of sp³-hybridized carbons (Fsp3) is 0.682. The normalized spacial score (nSPS) is 26.0. The molecule has 0 bridgehead atoms. The number of nitrogens with one attached hydrogen (secondary N) is 1. The Labute approximate surface area is 163 Å². The van der Waals surface area contributed by atoms with Gasteiger partial charge in [-0.25, -0.2) is 0 Å². The molecule has 27 heavy (non-hydrogen) atoms. The number of ether oxygens (including phenoxy) is 1. The van der Waals surface area contributed by atoms with Gasteiger partial charge in [0, 0.05) is 57.8 Å². The topological polar surface area (TPSA) is 40.1 Å². The number of guanidine groups is 1. The zero-order chi connectivity index (χ0) is 18.5. The van der Waals surface area contributed by atoms with E-state index in [1.165, 1.54) is 36.9 Å². The monoisotopic (exact) mass is 370 g/mol. The summed E-state index contributed by atoms with van der Waals surface area (Å²) in [6, 6.07) is 8.87. The molecule has 3 heterocycles. The van der Waals surface area contributed by atoms with Gasteiger partial charge in [0.25, 0.3) is 0 Å². The Morgan fingerprint density at radius 3 is 2.93 bits per heavy atom. The number of nitrogens with zero attached hydrogens (tertiary/aromatic N) is 3. The van der Waals surface area contributed by atoms with Crippen LogP contribution < -0.4 is 5.32 Å². The van der Waals surface area contributed by atoms with Crippen molar-refractivity contribution in [1.29, 1.82) is 0 Å². The van der Waals surface area contributed by atoms with Gasteiger partial charge < -0.3 is 15.0 Å². The summed E-state index contributed by atoms with van der Waals surface area (Å²) in [7, 11) is 0. The van der Waals surface area contributed by atoms with E-state index in [0.717, 1.165) is 64.9 Å². The molecule has 0 radical (unpaired) electrons. The minimum absolute atomic E-state index is 0.386. The molecule has 5 nitrogen and oxygen atoms in total. The van der Waals surface area contributed by atoms with Crippen molar-refractivity contribution in [3.8, 4) is 0 Å². The first-order valence-electron chi connectivity index (χ1n) is 10.7. The summed E-state index contributed by atoms with van der Waals surface area (Å²) in [6.45, 7) is 11.5. The van der Waals surface area contributed by atoms with E-state index >= 15 is 0 Å². The first-order valence-corrected chi connectivity index (χ1v) is 10.7. The number of benzene rings is 1. The molecule has 0 amide bonds. The van der Waals surface area contributed by atoms with Crippen molar-refractivity contribution in [1.82, 2.24) is 15.1 Å². The molecule has 1 spiro atoms. The number of rotatable bonds is 5. The van der Waals surface area contributed by atoms with Crippen LogP contribution in [0.5, 0.6) is 0 Å². The maximum atomic E-state index is 5.67. The second-order valence-electron chi connectivity index (χ2n) is 8.36. The molecule has 1 N–H and O–H groups in total. The van der Waals surface area contributed by atoms with Crippen LogP contribution in [-0.4, -0.2) is 68.2 Å². The molecule has 2 saturated heterocycles. The highest BCUT2D eigenvalue weighted by molar-refractivity contribution is 5.80. The van der Waals surface area contributed by atoms with E-state index in [1.54, 1.807) is 0 Å². The zero-order valence-electron chi connectivity index (χ0n) is 16.8. The van der Waals surface area contributed by atoms with Crippen LogP contribution in [-0.2, 0) is 17.7 Å². The third-order valence-corrected chi connectivity index (χ3v) is 6.36. The molecule has 1 atom stereocenters. The van der Waals surface area contributed by atoms with E-state index < -0.39 is 0 Å². The maximum Gasteiger partial charge on any atom is 0.193 e. The number of hydrogen-bond acceptors (Lipinski definition) is 3. The molecule has 5 heteroatoms. The van der Waals surface area contributed by atoms with E-state index in [4.69, 9.17) is 9.73 Å². The van der Waals surface area contributed by atoms with Crippen molar-refractivity contribution in [2.45, 2.75) is 39.2 Å². The Bertz CT molecular complexity index is 653. The molecule has 4 rings (SSSR count). The Morgan fingerprint density at radius 1 is 1.22 bits per heavy atom. The van der Waals surface area contributed by atoms with Crippen molar-refractivity contribution in [3.63, 3.8) is 0 Å². The Morgan fingerprint density at radius 2 is 2.11 bits per heavy atom. The second kappa shape index (κ2) is 8.61. The summed E-state index contributed by atoms with van der Waals surface area (Å²) in [5.74, 6) is 1.10. The average molecular weight is 371 g/mol. The molecule has 2 fully saturated rings. The maximum absolute atomic E-state index is 5.67. The Hall–Kier alpha value is -1.59. The molecular weight excluding hydrogens is 336 g/mol. The van der Waals surface area contributed by atoms with E-state index in [0.29, 0.717) is 5.41 Å². The van der Waals surface area contributed by atoms with Crippen LogP contribution in [0.2, 0.25) is 0 Å². The smallest absolute Gasteiger partial charge is 0.193 e. The second-order valence-corrected chi connectivity index (χ2v) is 8.36. The lowest BCUT2D eigenvalue weighted by Crippen LogP contribution is -2.41. The van der Waals surface area contributed by atoms with E-state index in [-0.39, 0.29) is 0 Å². The highest BCUT2D eigenvalue weighted by Gasteiger charge is 2.42. The summed E-state index contributed by atoms with van der Waals surface area (Å²) >= 11 is 0. The van der Waals surface area contributed by atoms with Crippen LogP contribution in [0.4, 0.5) is 0 Å². The Balaban J connectivity index is 1.26. The van der Waals surface area contributed by atoms with E-state index in [2.05, 4.69) is 46.3 Å². The van der Waals surface area contributed by atoms with Gasteiger partial charge in [-0.05, 0) is 43.7 Å². The van der Waals surface area contributed by atoms with Crippen LogP contribution in [0.1, 0.15) is 37.3 Å². The molecule has 1 aromatic rings. The standard InChI is InChI=1S/C22H34N4O/c1-2-23-21(26-14-9-22(17-26)10-15-27-18-22)24-11-5-12-25-13-8-19-6-3-4-7-20(19)16-25/h3-4,6-7H,2,5,8-18H2,1H3,(H,23,24). The first kappa shape index (κ1) is 18.8. The van der Waals surface area contributed by atoms with Gasteiger partial charge in [0.2, 0.25) is 0 Å². The third-order valence-electron chi connectivity index (χ3n) is 6.36. The molecule has 1 unspecified atom stereocenters. The van der Waals surface area contributed by atoms with Crippen LogP contribution in [0.25, 0.3) is 0 Å². The van der Waals surface area contributed by atoms with Gasteiger partial charge >= 0.3 is 0 Å². The summed E-state index contributed by atoms with van der Waals surface area (Å²) in [6.07, 6.45) is 4.75. The summed E-state index contributed by atoms with van der Waals surface area (Å²) in [5.41, 5.74) is 3.42. The minimum Gasteiger partial charge on any atom is -0.381 e.